The standard InChI is InChI=1S/C20H20O2/c1-12(2)16-11-17(13(3)10-19(16)22)20-15-7-5-4-6-14(15)8-9-18(20)21/h4-12,21-22H,1-3H3. The first-order chi connectivity index (χ1) is 10.5. The number of phenolic OH excluding ortho intramolecular Hbond substituents is 2. The summed E-state index contributed by atoms with van der Waals surface area (Å²) in [5.41, 5.74) is 3.65. The molecule has 3 aromatic rings. The van der Waals surface area contributed by atoms with E-state index in [1.54, 1.807) is 12.1 Å². The van der Waals surface area contributed by atoms with E-state index in [0.717, 1.165) is 33.0 Å². The zero-order chi connectivity index (χ0) is 15.9. The Balaban J connectivity index is 2.37. The van der Waals surface area contributed by atoms with E-state index in [1.165, 1.54) is 0 Å². The summed E-state index contributed by atoms with van der Waals surface area (Å²) in [6.45, 7) is 6.06. The highest BCUT2D eigenvalue weighted by atomic mass is 16.3. The number of phenols is 2. The van der Waals surface area contributed by atoms with Gasteiger partial charge < -0.3 is 10.2 Å². The van der Waals surface area contributed by atoms with Crippen molar-refractivity contribution in [3.63, 3.8) is 0 Å². The van der Waals surface area contributed by atoms with E-state index >= 15 is 0 Å². The van der Waals surface area contributed by atoms with Gasteiger partial charge in [0.2, 0.25) is 0 Å². The van der Waals surface area contributed by atoms with Gasteiger partial charge in [0.05, 0.1) is 0 Å². The lowest BCUT2D eigenvalue weighted by Gasteiger charge is -2.16. The van der Waals surface area contributed by atoms with Crippen molar-refractivity contribution in [3.8, 4) is 22.6 Å². The molecular weight excluding hydrogens is 272 g/mol. The Morgan fingerprint density at radius 1 is 0.864 bits per heavy atom. The van der Waals surface area contributed by atoms with Crippen LogP contribution in [0.1, 0.15) is 30.9 Å². The molecule has 22 heavy (non-hydrogen) atoms. The fourth-order valence-electron chi connectivity index (χ4n) is 2.98. The molecule has 2 nitrogen and oxygen atoms in total. The number of hydrogen-bond acceptors (Lipinski definition) is 2. The maximum Gasteiger partial charge on any atom is 0.124 e. The van der Waals surface area contributed by atoms with Crippen molar-refractivity contribution < 1.29 is 10.2 Å². The Hall–Kier alpha value is -2.48. The number of hydrogen-bond donors (Lipinski definition) is 2. The molecule has 0 aliphatic heterocycles. The van der Waals surface area contributed by atoms with Crippen LogP contribution in [-0.4, -0.2) is 10.2 Å². The highest BCUT2D eigenvalue weighted by Gasteiger charge is 2.15. The van der Waals surface area contributed by atoms with Crippen molar-refractivity contribution in [3.05, 3.63) is 59.7 Å². The van der Waals surface area contributed by atoms with Crippen LogP contribution in [0.25, 0.3) is 21.9 Å². The van der Waals surface area contributed by atoms with E-state index in [4.69, 9.17) is 0 Å². The molecule has 0 amide bonds. The second-order valence-electron chi connectivity index (χ2n) is 6.06. The third kappa shape index (κ3) is 2.31. The topological polar surface area (TPSA) is 40.5 Å². The van der Waals surface area contributed by atoms with Gasteiger partial charge in [-0.3, -0.25) is 0 Å². The molecule has 0 spiro atoms. The molecule has 0 atom stereocenters. The van der Waals surface area contributed by atoms with Gasteiger partial charge in [-0.1, -0.05) is 44.2 Å². The van der Waals surface area contributed by atoms with Crippen LogP contribution in [0.4, 0.5) is 0 Å². The molecule has 0 bridgehead atoms. The van der Waals surface area contributed by atoms with Gasteiger partial charge in [-0.2, -0.15) is 0 Å². The lowest BCUT2D eigenvalue weighted by Crippen LogP contribution is -1.93. The molecule has 0 aromatic heterocycles. The summed E-state index contributed by atoms with van der Waals surface area (Å²) >= 11 is 0. The van der Waals surface area contributed by atoms with Crippen LogP contribution in [0.2, 0.25) is 0 Å². The third-order valence-corrected chi connectivity index (χ3v) is 4.17. The second-order valence-corrected chi connectivity index (χ2v) is 6.06. The molecule has 2 heteroatoms. The SMILES string of the molecule is Cc1cc(O)c(C(C)C)cc1-c1c(O)ccc2ccccc12. The molecule has 0 saturated heterocycles. The predicted octanol–water partition coefficient (Wildman–Crippen LogP) is 5.35. The lowest BCUT2D eigenvalue weighted by atomic mass is 9.90. The molecule has 2 N–H and O–H groups in total. The normalized spacial score (nSPS) is 11.3. The summed E-state index contributed by atoms with van der Waals surface area (Å²) in [6.07, 6.45) is 0. The largest absolute Gasteiger partial charge is 0.508 e. The highest BCUT2D eigenvalue weighted by molar-refractivity contribution is 6.00. The van der Waals surface area contributed by atoms with Gasteiger partial charge in [0.25, 0.3) is 0 Å². The van der Waals surface area contributed by atoms with Crippen molar-refractivity contribution in [2.24, 2.45) is 0 Å². The summed E-state index contributed by atoms with van der Waals surface area (Å²) in [4.78, 5) is 0. The molecule has 112 valence electrons. The van der Waals surface area contributed by atoms with Crippen LogP contribution in [0, 0.1) is 6.92 Å². The van der Waals surface area contributed by atoms with Crippen molar-refractivity contribution >= 4 is 10.8 Å². The first-order valence-corrected chi connectivity index (χ1v) is 7.53. The molecule has 3 rings (SSSR count). The summed E-state index contributed by atoms with van der Waals surface area (Å²) in [5, 5.41) is 22.7. The monoisotopic (exact) mass is 292 g/mol. The molecular formula is C20H20O2. The van der Waals surface area contributed by atoms with Crippen LogP contribution >= 0.6 is 0 Å². The highest BCUT2D eigenvalue weighted by Crippen LogP contribution is 2.41. The quantitative estimate of drug-likeness (QED) is 0.668. The smallest absolute Gasteiger partial charge is 0.124 e. The zero-order valence-electron chi connectivity index (χ0n) is 13.1. The number of aryl methyl sites for hydroxylation is 1. The van der Waals surface area contributed by atoms with Gasteiger partial charge in [0, 0.05) is 5.56 Å². The van der Waals surface area contributed by atoms with Gasteiger partial charge in [0.1, 0.15) is 11.5 Å². The molecule has 0 fully saturated rings. The minimum absolute atomic E-state index is 0.219. The number of rotatable bonds is 2. The molecule has 0 radical (unpaired) electrons. The van der Waals surface area contributed by atoms with E-state index < -0.39 is 0 Å². The van der Waals surface area contributed by atoms with E-state index in [9.17, 15) is 10.2 Å². The minimum Gasteiger partial charge on any atom is -0.508 e. The lowest BCUT2D eigenvalue weighted by molar-refractivity contribution is 0.464. The second kappa shape index (κ2) is 5.38. The van der Waals surface area contributed by atoms with Crippen molar-refractivity contribution in [1.82, 2.24) is 0 Å². The van der Waals surface area contributed by atoms with Gasteiger partial charge in [-0.15, -0.1) is 0 Å². The van der Waals surface area contributed by atoms with Crippen LogP contribution in [0.5, 0.6) is 11.5 Å². The van der Waals surface area contributed by atoms with Gasteiger partial charge >= 0.3 is 0 Å². The van der Waals surface area contributed by atoms with Crippen molar-refractivity contribution in [2.75, 3.05) is 0 Å². The van der Waals surface area contributed by atoms with Crippen LogP contribution in [-0.2, 0) is 0 Å². The Morgan fingerprint density at radius 3 is 2.32 bits per heavy atom. The Labute approximate surface area is 130 Å². The minimum atomic E-state index is 0.219. The molecule has 3 aromatic carbocycles. The predicted molar refractivity (Wildman–Crippen MR) is 91.5 cm³/mol. The number of fused-ring (bicyclic) bond motifs is 1. The average Bonchev–Trinajstić information content (AvgIpc) is 2.48. The maximum absolute atomic E-state index is 10.4. The molecule has 0 aliphatic carbocycles. The number of aromatic hydroxyl groups is 2. The molecule has 0 saturated carbocycles. The van der Waals surface area contributed by atoms with Crippen LogP contribution in [0.3, 0.4) is 0 Å². The van der Waals surface area contributed by atoms with Crippen LogP contribution < -0.4 is 0 Å². The zero-order valence-corrected chi connectivity index (χ0v) is 13.1. The first-order valence-electron chi connectivity index (χ1n) is 7.53. The Morgan fingerprint density at radius 2 is 1.59 bits per heavy atom. The molecule has 0 unspecified atom stereocenters. The fraction of sp³-hybridized carbons (Fsp3) is 0.200. The first kappa shape index (κ1) is 14.5. The Bertz CT molecular complexity index is 848. The fourth-order valence-corrected chi connectivity index (χ4v) is 2.98. The summed E-state index contributed by atoms with van der Waals surface area (Å²) in [7, 11) is 0. The maximum atomic E-state index is 10.4. The van der Waals surface area contributed by atoms with Gasteiger partial charge in [-0.05, 0) is 58.5 Å². The molecule has 0 aliphatic rings. The Kier molecular flexibility index (Phi) is 3.53. The van der Waals surface area contributed by atoms with Crippen molar-refractivity contribution in [1.29, 1.82) is 0 Å². The van der Waals surface area contributed by atoms with E-state index in [0.29, 0.717) is 5.75 Å². The van der Waals surface area contributed by atoms with Crippen molar-refractivity contribution in [2.45, 2.75) is 26.7 Å². The van der Waals surface area contributed by atoms with Crippen LogP contribution in [0.15, 0.2) is 48.5 Å². The van der Waals surface area contributed by atoms with E-state index in [2.05, 4.69) is 13.8 Å². The average molecular weight is 292 g/mol. The van der Waals surface area contributed by atoms with E-state index in [-0.39, 0.29) is 11.7 Å². The van der Waals surface area contributed by atoms with E-state index in [1.807, 2.05) is 43.3 Å². The summed E-state index contributed by atoms with van der Waals surface area (Å²) in [6, 6.07) is 15.5. The number of benzene rings is 3. The summed E-state index contributed by atoms with van der Waals surface area (Å²) in [5.74, 6) is 0.801. The molecule has 0 heterocycles. The third-order valence-electron chi connectivity index (χ3n) is 4.17. The van der Waals surface area contributed by atoms with Gasteiger partial charge in [-0.25, -0.2) is 0 Å². The summed E-state index contributed by atoms with van der Waals surface area (Å²) < 4.78 is 0. The van der Waals surface area contributed by atoms with Gasteiger partial charge in [0.15, 0.2) is 0 Å².